The molecule has 104 valence electrons. The van der Waals surface area contributed by atoms with Crippen LogP contribution >= 0.6 is 12.4 Å². The Balaban J connectivity index is 0.00000133. The molecule has 2 atom stereocenters. The third-order valence-electron chi connectivity index (χ3n) is 3.77. The molecule has 2 aliphatic rings. The van der Waals surface area contributed by atoms with Crippen LogP contribution in [0.25, 0.3) is 0 Å². The van der Waals surface area contributed by atoms with E-state index in [2.05, 4.69) is 10.6 Å². The van der Waals surface area contributed by atoms with E-state index in [9.17, 15) is 9.18 Å². The van der Waals surface area contributed by atoms with Crippen molar-refractivity contribution in [1.82, 2.24) is 10.2 Å². The Kier molecular flexibility index (Phi) is 4.27. The number of benzene rings is 1. The highest BCUT2D eigenvalue weighted by atomic mass is 35.5. The lowest BCUT2D eigenvalue weighted by atomic mass is 10.1. The standard InChI is InChI=1S/C13H16FN3O.ClH/c14-10-3-1-2-4-11(10)16-13(18)17-7-9-5-6-15-12(9)8-17;/h1-4,9,12,15H,5-8H2,(H,16,18);1H/t9-,12+;/m1./s1. The van der Waals surface area contributed by atoms with Gasteiger partial charge in [-0.1, -0.05) is 12.1 Å². The molecule has 0 saturated carbocycles. The van der Waals surface area contributed by atoms with Gasteiger partial charge >= 0.3 is 6.03 Å². The molecule has 0 aromatic heterocycles. The summed E-state index contributed by atoms with van der Waals surface area (Å²) in [6.45, 7) is 2.51. The summed E-state index contributed by atoms with van der Waals surface area (Å²) in [5.41, 5.74) is 0.243. The SMILES string of the molecule is Cl.O=C(Nc1ccccc1F)N1C[C@H]2CCN[C@H]2C1. The van der Waals surface area contributed by atoms with Crippen LogP contribution in [0.1, 0.15) is 6.42 Å². The van der Waals surface area contributed by atoms with Gasteiger partial charge in [0.15, 0.2) is 0 Å². The third-order valence-corrected chi connectivity index (χ3v) is 3.77. The van der Waals surface area contributed by atoms with Gasteiger partial charge < -0.3 is 15.5 Å². The van der Waals surface area contributed by atoms with Crippen LogP contribution in [-0.2, 0) is 0 Å². The quantitative estimate of drug-likeness (QED) is 0.830. The fourth-order valence-electron chi connectivity index (χ4n) is 2.77. The van der Waals surface area contributed by atoms with E-state index < -0.39 is 5.82 Å². The lowest BCUT2D eigenvalue weighted by Gasteiger charge is -2.18. The molecule has 1 aromatic carbocycles. The summed E-state index contributed by atoms with van der Waals surface area (Å²) in [7, 11) is 0. The number of urea groups is 1. The summed E-state index contributed by atoms with van der Waals surface area (Å²) in [4.78, 5) is 13.8. The van der Waals surface area contributed by atoms with Crippen molar-refractivity contribution in [3.05, 3.63) is 30.1 Å². The minimum absolute atomic E-state index is 0. The van der Waals surface area contributed by atoms with E-state index in [-0.39, 0.29) is 24.1 Å². The average Bonchev–Trinajstić information content (AvgIpc) is 2.92. The average molecular weight is 286 g/mol. The van der Waals surface area contributed by atoms with Crippen LogP contribution < -0.4 is 10.6 Å². The summed E-state index contributed by atoms with van der Waals surface area (Å²) in [6, 6.07) is 6.43. The first-order valence-corrected chi connectivity index (χ1v) is 6.28. The zero-order valence-electron chi connectivity index (χ0n) is 10.4. The molecule has 0 bridgehead atoms. The molecule has 4 nitrogen and oxygen atoms in total. The number of halogens is 2. The molecular weight excluding hydrogens is 269 g/mol. The topological polar surface area (TPSA) is 44.4 Å². The Morgan fingerprint density at radius 3 is 2.89 bits per heavy atom. The normalized spacial score (nSPS) is 24.8. The number of rotatable bonds is 1. The van der Waals surface area contributed by atoms with Crippen molar-refractivity contribution in [2.75, 3.05) is 25.0 Å². The molecule has 2 aliphatic heterocycles. The van der Waals surface area contributed by atoms with E-state index in [1.165, 1.54) is 6.07 Å². The number of carbonyl (C=O) groups is 1. The molecule has 0 unspecified atom stereocenters. The molecule has 1 aromatic rings. The predicted molar refractivity (Wildman–Crippen MR) is 74.1 cm³/mol. The highest BCUT2D eigenvalue weighted by molar-refractivity contribution is 5.89. The lowest BCUT2D eigenvalue weighted by Crippen LogP contribution is -2.36. The third kappa shape index (κ3) is 2.82. The largest absolute Gasteiger partial charge is 0.323 e. The van der Waals surface area contributed by atoms with Crippen LogP contribution in [0.4, 0.5) is 14.9 Å². The zero-order valence-corrected chi connectivity index (χ0v) is 11.3. The van der Waals surface area contributed by atoms with Gasteiger partial charge in [0.1, 0.15) is 5.82 Å². The summed E-state index contributed by atoms with van der Waals surface area (Å²) < 4.78 is 13.4. The molecule has 3 rings (SSSR count). The minimum Gasteiger partial charge on any atom is -0.323 e. The van der Waals surface area contributed by atoms with Crippen molar-refractivity contribution in [3.63, 3.8) is 0 Å². The second kappa shape index (κ2) is 5.75. The molecule has 2 N–H and O–H groups in total. The number of para-hydroxylation sites is 1. The predicted octanol–water partition coefficient (Wildman–Crippen LogP) is 2.07. The fraction of sp³-hybridized carbons (Fsp3) is 0.462. The van der Waals surface area contributed by atoms with Crippen molar-refractivity contribution in [2.24, 2.45) is 5.92 Å². The van der Waals surface area contributed by atoms with Crippen LogP contribution in [0.15, 0.2) is 24.3 Å². The van der Waals surface area contributed by atoms with Gasteiger partial charge in [-0.25, -0.2) is 9.18 Å². The van der Waals surface area contributed by atoms with E-state index in [0.29, 0.717) is 18.5 Å². The molecule has 19 heavy (non-hydrogen) atoms. The maximum absolute atomic E-state index is 13.4. The highest BCUT2D eigenvalue weighted by Gasteiger charge is 2.37. The number of amides is 2. The Morgan fingerprint density at radius 1 is 1.37 bits per heavy atom. The Hall–Kier alpha value is -1.33. The number of fused-ring (bicyclic) bond motifs is 1. The summed E-state index contributed by atoms with van der Waals surface area (Å²) in [5.74, 6) is 0.153. The second-order valence-electron chi connectivity index (χ2n) is 4.92. The fourth-order valence-corrected chi connectivity index (χ4v) is 2.77. The van der Waals surface area contributed by atoms with E-state index in [4.69, 9.17) is 0 Å². The highest BCUT2D eigenvalue weighted by Crippen LogP contribution is 2.25. The molecule has 2 amide bonds. The summed E-state index contributed by atoms with van der Waals surface area (Å²) in [6.07, 6.45) is 1.12. The summed E-state index contributed by atoms with van der Waals surface area (Å²) >= 11 is 0. The van der Waals surface area contributed by atoms with Crippen molar-refractivity contribution in [1.29, 1.82) is 0 Å². The number of carbonyl (C=O) groups excluding carboxylic acids is 1. The Morgan fingerprint density at radius 2 is 2.16 bits per heavy atom. The van der Waals surface area contributed by atoms with Crippen LogP contribution in [0.2, 0.25) is 0 Å². The summed E-state index contributed by atoms with van der Waals surface area (Å²) in [5, 5.41) is 6.01. The maximum atomic E-state index is 13.4. The monoisotopic (exact) mass is 285 g/mol. The van der Waals surface area contributed by atoms with E-state index >= 15 is 0 Å². The van der Waals surface area contributed by atoms with Crippen molar-refractivity contribution >= 4 is 24.1 Å². The van der Waals surface area contributed by atoms with Crippen molar-refractivity contribution < 1.29 is 9.18 Å². The molecule has 0 spiro atoms. The smallest absolute Gasteiger partial charge is 0.321 e. The van der Waals surface area contributed by atoms with Gasteiger partial charge in [0.25, 0.3) is 0 Å². The van der Waals surface area contributed by atoms with Gasteiger partial charge in [-0.2, -0.15) is 0 Å². The van der Waals surface area contributed by atoms with Gasteiger partial charge in [0.2, 0.25) is 0 Å². The molecule has 2 heterocycles. The van der Waals surface area contributed by atoms with Gasteiger partial charge in [-0.15, -0.1) is 12.4 Å². The van der Waals surface area contributed by atoms with Crippen LogP contribution in [0, 0.1) is 11.7 Å². The van der Waals surface area contributed by atoms with Gasteiger partial charge in [-0.3, -0.25) is 0 Å². The Bertz CT molecular complexity index is 459. The number of nitrogens with zero attached hydrogens (tertiary/aromatic N) is 1. The van der Waals surface area contributed by atoms with E-state index in [1.54, 1.807) is 23.1 Å². The zero-order chi connectivity index (χ0) is 12.5. The molecule has 6 heteroatoms. The van der Waals surface area contributed by atoms with Crippen molar-refractivity contribution in [2.45, 2.75) is 12.5 Å². The van der Waals surface area contributed by atoms with Crippen LogP contribution in [0.3, 0.4) is 0 Å². The minimum atomic E-state index is -0.400. The molecular formula is C13H17ClFN3O. The second-order valence-corrected chi connectivity index (χ2v) is 4.92. The number of anilines is 1. The van der Waals surface area contributed by atoms with Gasteiger partial charge in [0.05, 0.1) is 5.69 Å². The first kappa shape index (κ1) is 14.1. The van der Waals surface area contributed by atoms with Crippen molar-refractivity contribution in [3.8, 4) is 0 Å². The maximum Gasteiger partial charge on any atom is 0.321 e. The number of nitrogens with one attached hydrogen (secondary N) is 2. The molecule has 2 saturated heterocycles. The number of hydrogen-bond donors (Lipinski definition) is 2. The number of hydrogen-bond acceptors (Lipinski definition) is 2. The molecule has 2 fully saturated rings. The van der Waals surface area contributed by atoms with Gasteiger partial charge in [0, 0.05) is 19.1 Å². The van der Waals surface area contributed by atoms with E-state index in [0.717, 1.165) is 19.5 Å². The van der Waals surface area contributed by atoms with Gasteiger partial charge in [-0.05, 0) is 31.0 Å². The number of likely N-dealkylation sites (tertiary alicyclic amines) is 1. The first-order chi connectivity index (χ1) is 8.74. The lowest BCUT2D eigenvalue weighted by molar-refractivity contribution is 0.219. The first-order valence-electron chi connectivity index (χ1n) is 6.28. The molecule has 0 aliphatic carbocycles. The van der Waals surface area contributed by atoms with Crippen LogP contribution in [-0.4, -0.2) is 36.6 Å². The van der Waals surface area contributed by atoms with Crippen LogP contribution in [0.5, 0.6) is 0 Å². The van der Waals surface area contributed by atoms with E-state index in [1.807, 2.05) is 0 Å². The molecule has 0 radical (unpaired) electrons. The Labute approximate surface area is 117 Å².